The standard InChI is InChI=1S/C8H17N3S/c1-9-3-4-10-5-6-11(12-2)7-8(9)10/h8H,3-7H2,1-2H3. The van der Waals surface area contributed by atoms with E-state index in [0.717, 1.165) is 0 Å². The Hall–Kier alpha value is 0.230. The van der Waals surface area contributed by atoms with E-state index in [1.165, 1.54) is 32.7 Å². The van der Waals surface area contributed by atoms with Crippen LogP contribution in [0.3, 0.4) is 0 Å². The third kappa shape index (κ3) is 1.48. The van der Waals surface area contributed by atoms with Crippen molar-refractivity contribution in [3.05, 3.63) is 0 Å². The highest BCUT2D eigenvalue weighted by molar-refractivity contribution is 7.96. The lowest BCUT2D eigenvalue weighted by atomic mass is 10.3. The van der Waals surface area contributed by atoms with Crippen LogP contribution in [-0.4, -0.2) is 66.3 Å². The normalized spacial score (nSPS) is 34.0. The Kier molecular flexibility index (Phi) is 2.60. The lowest BCUT2D eigenvalue weighted by molar-refractivity contribution is 0.0950. The van der Waals surface area contributed by atoms with Crippen molar-refractivity contribution in [2.24, 2.45) is 0 Å². The van der Waals surface area contributed by atoms with Crippen LogP contribution in [0.5, 0.6) is 0 Å². The van der Waals surface area contributed by atoms with Crippen LogP contribution >= 0.6 is 11.9 Å². The zero-order valence-corrected chi connectivity index (χ0v) is 8.68. The van der Waals surface area contributed by atoms with Crippen LogP contribution in [0.25, 0.3) is 0 Å². The maximum atomic E-state index is 2.59. The van der Waals surface area contributed by atoms with Gasteiger partial charge in [0.1, 0.15) is 0 Å². The van der Waals surface area contributed by atoms with Gasteiger partial charge in [-0.3, -0.25) is 9.80 Å². The zero-order valence-electron chi connectivity index (χ0n) is 7.86. The molecule has 0 aromatic carbocycles. The Morgan fingerprint density at radius 1 is 1.17 bits per heavy atom. The van der Waals surface area contributed by atoms with Crippen molar-refractivity contribution in [2.45, 2.75) is 6.17 Å². The van der Waals surface area contributed by atoms with Gasteiger partial charge in [0.25, 0.3) is 0 Å². The molecule has 0 aliphatic carbocycles. The van der Waals surface area contributed by atoms with Crippen molar-refractivity contribution in [3.63, 3.8) is 0 Å². The lowest BCUT2D eigenvalue weighted by Gasteiger charge is -2.37. The second kappa shape index (κ2) is 3.54. The Morgan fingerprint density at radius 3 is 2.67 bits per heavy atom. The van der Waals surface area contributed by atoms with Crippen molar-refractivity contribution in [1.82, 2.24) is 14.1 Å². The van der Waals surface area contributed by atoms with E-state index in [1.54, 1.807) is 0 Å². The van der Waals surface area contributed by atoms with Crippen LogP contribution in [0.2, 0.25) is 0 Å². The quantitative estimate of drug-likeness (QED) is 0.541. The number of nitrogens with zero attached hydrogens (tertiary/aromatic N) is 3. The average molecular weight is 187 g/mol. The summed E-state index contributed by atoms with van der Waals surface area (Å²) in [6.07, 6.45) is 2.86. The molecule has 2 heterocycles. The Bertz CT molecular complexity index is 164. The molecule has 1 unspecified atom stereocenters. The maximum absolute atomic E-state index is 2.59. The van der Waals surface area contributed by atoms with Crippen LogP contribution in [0, 0.1) is 0 Å². The molecular formula is C8H17N3S. The van der Waals surface area contributed by atoms with Crippen LogP contribution in [0.4, 0.5) is 0 Å². The first-order valence-electron chi connectivity index (χ1n) is 4.54. The first kappa shape index (κ1) is 8.81. The van der Waals surface area contributed by atoms with Crippen molar-refractivity contribution in [2.75, 3.05) is 46.0 Å². The number of rotatable bonds is 1. The second-order valence-corrected chi connectivity index (χ2v) is 4.45. The summed E-state index contributed by atoms with van der Waals surface area (Å²) in [7, 11) is 2.23. The van der Waals surface area contributed by atoms with E-state index in [9.17, 15) is 0 Å². The smallest absolute Gasteiger partial charge is 0.0762 e. The molecule has 0 bridgehead atoms. The number of piperazine rings is 1. The molecule has 0 aromatic rings. The monoisotopic (exact) mass is 187 g/mol. The van der Waals surface area contributed by atoms with Crippen molar-refractivity contribution in [3.8, 4) is 0 Å². The third-order valence-corrected chi connectivity index (χ3v) is 3.78. The fourth-order valence-corrected chi connectivity index (χ4v) is 2.60. The number of likely N-dealkylation sites (N-methyl/N-ethyl adjacent to an activating group) is 1. The van der Waals surface area contributed by atoms with E-state index in [-0.39, 0.29) is 0 Å². The van der Waals surface area contributed by atoms with E-state index in [1.807, 2.05) is 11.9 Å². The average Bonchev–Trinajstić information content (AvgIpc) is 2.47. The molecular weight excluding hydrogens is 170 g/mol. The van der Waals surface area contributed by atoms with E-state index in [2.05, 4.69) is 27.4 Å². The summed E-state index contributed by atoms with van der Waals surface area (Å²) < 4.78 is 2.46. The summed E-state index contributed by atoms with van der Waals surface area (Å²) in [5.74, 6) is 0. The molecule has 2 rings (SSSR count). The van der Waals surface area contributed by atoms with Crippen molar-refractivity contribution >= 4 is 11.9 Å². The van der Waals surface area contributed by atoms with Crippen molar-refractivity contribution < 1.29 is 0 Å². The first-order chi connectivity index (χ1) is 5.81. The van der Waals surface area contributed by atoms with E-state index >= 15 is 0 Å². The maximum Gasteiger partial charge on any atom is 0.0762 e. The van der Waals surface area contributed by atoms with Crippen LogP contribution in [0.15, 0.2) is 0 Å². The highest BCUT2D eigenvalue weighted by atomic mass is 32.2. The van der Waals surface area contributed by atoms with Gasteiger partial charge in [-0.25, -0.2) is 4.31 Å². The Morgan fingerprint density at radius 2 is 1.92 bits per heavy atom. The Balaban J connectivity index is 1.97. The summed E-state index contributed by atoms with van der Waals surface area (Å²) in [5, 5.41) is 0. The SMILES string of the molecule is CSN1CCN2CCN(C)C2C1. The van der Waals surface area contributed by atoms with Crippen LogP contribution < -0.4 is 0 Å². The highest BCUT2D eigenvalue weighted by Gasteiger charge is 2.33. The van der Waals surface area contributed by atoms with Gasteiger partial charge in [-0.05, 0) is 13.3 Å². The topological polar surface area (TPSA) is 9.72 Å². The molecule has 2 fully saturated rings. The summed E-state index contributed by atoms with van der Waals surface area (Å²) in [4.78, 5) is 5.05. The third-order valence-electron chi connectivity index (χ3n) is 2.93. The van der Waals surface area contributed by atoms with Crippen LogP contribution in [-0.2, 0) is 0 Å². The number of fused-ring (bicyclic) bond motifs is 1. The minimum absolute atomic E-state index is 0.686. The highest BCUT2D eigenvalue weighted by Crippen LogP contribution is 2.20. The summed E-state index contributed by atoms with van der Waals surface area (Å²) in [6, 6.07) is 0. The molecule has 0 amide bonds. The largest absolute Gasteiger partial charge is 0.289 e. The van der Waals surface area contributed by atoms with Gasteiger partial charge in [-0.1, -0.05) is 11.9 Å². The summed E-state index contributed by atoms with van der Waals surface area (Å²) in [5.41, 5.74) is 0. The van der Waals surface area contributed by atoms with Crippen molar-refractivity contribution in [1.29, 1.82) is 0 Å². The van der Waals surface area contributed by atoms with Gasteiger partial charge in [-0.15, -0.1) is 0 Å². The predicted octanol–water partition coefficient (Wildman–Crippen LogP) is 0.153. The molecule has 2 saturated heterocycles. The number of hydrogen-bond acceptors (Lipinski definition) is 4. The van der Waals surface area contributed by atoms with Gasteiger partial charge in [-0.2, -0.15) is 0 Å². The Labute approximate surface area is 78.8 Å². The van der Waals surface area contributed by atoms with Crippen LogP contribution in [0.1, 0.15) is 0 Å². The molecule has 0 spiro atoms. The van der Waals surface area contributed by atoms with E-state index in [0.29, 0.717) is 6.17 Å². The van der Waals surface area contributed by atoms with Gasteiger partial charge in [0.05, 0.1) is 6.17 Å². The van der Waals surface area contributed by atoms with E-state index in [4.69, 9.17) is 0 Å². The second-order valence-electron chi connectivity index (χ2n) is 3.57. The fraction of sp³-hybridized carbons (Fsp3) is 1.00. The molecule has 4 heteroatoms. The predicted molar refractivity (Wildman–Crippen MR) is 53.1 cm³/mol. The minimum Gasteiger partial charge on any atom is -0.289 e. The first-order valence-corrected chi connectivity index (χ1v) is 5.73. The molecule has 0 saturated carbocycles. The summed E-state index contributed by atoms with van der Waals surface area (Å²) >= 11 is 1.88. The molecule has 0 radical (unpaired) electrons. The van der Waals surface area contributed by atoms with Gasteiger partial charge in [0.15, 0.2) is 0 Å². The van der Waals surface area contributed by atoms with Gasteiger partial charge < -0.3 is 0 Å². The molecule has 70 valence electrons. The summed E-state index contributed by atoms with van der Waals surface area (Å²) in [6.45, 7) is 6.19. The molecule has 0 N–H and O–H groups in total. The molecule has 12 heavy (non-hydrogen) atoms. The van der Waals surface area contributed by atoms with Gasteiger partial charge in [0, 0.05) is 32.7 Å². The number of hydrogen-bond donors (Lipinski definition) is 0. The van der Waals surface area contributed by atoms with Gasteiger partial charge in [0.2, 0.25) is 0 Å². The lowest BCUT2D eigenvalue weighted by Crippen LogP contribution is -2.51. The molecule has 2 aliphatic rings. The van der Waals surface area contributed by atoms with Gasteiger partial charge >= 0.3 is 0 Å². The molecule has 0 aromatic heterocycles. The molecule has 2 aliphatic heterocycles. The fourth-order valence-electron chi connectivity index (χ4n) is 2.06. The minimum atomic E-state index is 0.686. The zero-order chi connectivity index (χ0) is 8.55. The molecule has 1 atom stereocenters. The molecule has 3 nitrogen and oxygen atoms in total. The van der Waals surface area contributed by atoms with E-state index < -0.39 is 0 Å².